The van der Waals surface area contributed by atoms with E-state index in [4.69, 9.17) is 17.2 Å². The van der Waals surface area contributed by atoms with E-state index in [1.165, 1.54) is 28.2 Å². The number of anilines is 2. The molecule has 1 aliphatic heterocycles. The van der Waals surface area contributed by atoms with Crippen molar-refractivity contribution in [1.82, 2.24) is 14.9 Å². The molecular weight excluding hydrogens is 462 g/mol. The molecule has 2 unspecified atom stereocenters. The summed E-state index contributed by atoms with van der Waals surface area (Å²) in [6.45, 7) is 6.56. The number of nitrogens with one attached hydrogen (secondary N) is 1. The summed E-state index contributed by atoms with van der Waals surface area (Å²) in [5.74, 6) is 0. The molecule has 1 fully saturated rings. The maximum atomic E-state index is 5.93. The van der Waals surface area contributed by atoms with Gasteiger partial charge in [-0.15, -0.1) is 0 Å². The Hall–Kier alpha value is -3.64. The molecule has 36 heavy (non-hydrogen) atoms. The maximum Gasteiger partial charge on any atom is 0.174 e. The summed E-state index contributed by atoms with van der Waals surface area (Å²) in [4.78, 5) is 9.09. The number of hydrogen-bond acceptors (Lipinski definition) is 3. The molecule has 2 aromatic heterocycles. The van der Waals surface area contributed by atoms with E-state index in [2.05, 4.69) is 115 Å². The van der Waals surface area contributed by atoms with Gasteiger partial charge in [0.2, 0.25) is 0 Å². The minimum Gasteiger partial charge on any atom is -0.378 e. The van der Waals surface area contributed by atoms with Gasteiger partial charge in [0, 0.05) is 48.7 Å². The Morgan fingerprint density at radius 2 is 1.64 bits per heavy atom. The first-order valence-electron chi connectivity index (χ1n) is 12.4. The molecule has 2 aromatic carbocycles. The number of aryl methyl sites for hydroxylation is 2. The highest BCUT2D eigenvalue weighted by Crippen LogP contribution is 2.43. The summed E-state index contributed by atoms with van der Waals surface area (Å²) >= 11 is 5.93. The smallest absolute Gasteiger partial charge is 0.174 e. The van der Waals surface area contributed by atoms with Crippen molar-refractivity contribution in [2.45, 2.75) is 39.3 Å². The van der Waals surface area contributed by atoms with E-state index in [-0.39, 0.29) is 12.1 Å². The van der Waals surface area contributed by atoms with Gasteiger partial charge in [0.25, 0.3) is 0 Å². The van der Waals surface area contributed by atoms with Crippen molar-refractivity contribution in [1.29, 1.82) is 0 Å². The molecule has 0 saturated carbocycles. The second-order valence-corrected chi connectivity index (χ2v) is 9.98. The average molecular weight is 496 g/mol. The summed E-state index contributed by atoms with van der Waals surface area (Å²) in [7, 11) is 4.13. The lowest BCUT2D eigenvalue weighted by atomic mass is 9.96. The second kappa shape index (κ2) is 9.78. The standard InChI is InChI=1S/C30H33N5S/c1-6-22-10-12-25(13-11-22)35-29(28(32-30(35)36)27-9-7-8-18-31-27)26-19-20(2)34(21(26)3)24-16-14-23(15-17-24)33(4)5/h7-19,28-29H,6H2,1-5H3,(H,32,36). The van der Waals surface area contributed by atoms with E-state index < -0.39 is 0 Å². The van der Waals surface area contributed by atoms with Gasteiger partial charge in [0.15, 0.2) is 5.11 Å². The van der Waals surface area contributed by atoms with Crippen molar-refractivity contribution in [2.24, 2.45) is 0 Å². The van der Waals surface area contributed by atoms with Gasteiger partial charge < -0.3 is 19.7 Å². The van der Waals surface area contributed by atoms with Gasteiger partial charge in [-0.3, -0.25) is 4.98 Å². The predicted molar refractivity (Wildman–Crippen MR) is 153 cm³/mol. The first-order valence-corrected chi connectivity index (χ1v) is 12.9. The number of benzene rings is 2. The molecule has 5 nitrogen and oxygen atoms in total. The lowest BCUT2D eigenvalue weighted by Crippen LogP contribution is -2.29. The van der Waals surface area contributed by atoms with E-state index in [1.807, 2.05) is 18.3 Å². The Labute approximate surface area is 219 Å². The predicted octanol–water partition coefficient (Wildman–Crippen LogP) is 6.29. The molecule has 4 aromatic rings. The van der Waals surface area contributed by atoms with Gasteiger partial charge in [-0.25, -0.2) is 0 Å². The zero-order valence-electron chi connectivity index (χ0n) is 21.6. The Morgan fingerprint density at radius 3 is 2.25 bits per heavy atom. The SMILES string of the molecule is CCc1ccc(N2C(=S)NC(c3ccccn3)C2c2cc(C)n(-c3ccc(N(C)C)cc3)c2C)cc1. The van der Waals surface area contributed by atoms with Crippen molar-refractivity contribution in [3.05, 3.63) is 107 Å². The van der Waals surface area contributed by atoms with Crippen LogP contribution in [-0.4, -0.2) is 28.8 Å². The van der Waals surface area contributed by atoms with Crippen LogP contribution in [0.15, 0.2) is 79.0 Å². The van der Waals surface area contributed by atoms with Crippen molar-refractivity contribution < 1.29 is 0 Å². The molecule has 0 aliphatic carbocycles. The lowest BCUT2D eigenvalue weighted by Gasteiger charge is -2.28. The Kier molecular flexibility index (Phi) is 6.54. The third-order valence-electron chi connectivity index (χ3n) is 7.13. The molecule has 1 aliphatic rings. The lowest BCUT2D eigenvalue weighted by molar-refractivity contribution is 0.565. The third-order valence-corrected chi connectivity index (χ3v) is 7.45. The second-order valence-electron chi connectivity index (χ2n) is 9.59. The average Bonchev–Trinajstić information content (AvgIpc) is 3.39. The van der Waals surface area contributed by atoms with E-state index in [1.54, 1.807) is 0 Å². The number of pyridine rings is 1. The Balaban J connectivity index is 1.63. The Bertz CT molecular complexity index is 1360. The molecule has 0 radical (unpaired) electrons. The molecule has 2 atom stereocenters. The summed E-state index contributed by atoms with van der Waals surface area (Å²) in [5, 5.41) is 4.31. The van der Waals surface area contributed by atoms with Gasteiger partial charge >= 0.3 is 0 Å². The van der Waals surface area contributed by atoms with Crippen LogP contribution >= 0.6 is 12.2 Å². The fraction of sp³-hybridized carbons (Fsp3) is 0.267. The molecule has 5 rings (SSSR count). The first kappa shape index (κ1) is 24.1. The molecule has 0 amide bonds. The van der Waals surface area contributed by atoms with Crippen LogP contribution in [0.4, 0.5) is 11.4 Å². The van der Waals surface area contributed by atoms with Gasteiger partial charge in [0.05, 0.1) is 17.8 Å². The molecule has 3 heterocycles. The first-order chi connectivity index (χ1) is 17.4. The highest BCUT2D eigenvalue weighted by atomic mass is 32.1. The molecular formula is C30H33N5S. The molecule has 0 spiro atoms. The van der Waals surface area contributed by atoms with Gasteiger partial charge in [0.1, 0.15) is 0 Å². The molecule has 1 saturated heterocycles. The maximum absolute atomic E-state index is 5.93. The van der Waals surface area contributed by atoms with Crippen LogP contribution in [0.1, 0.15) is 47.2 Å². The number of nitrogens with zero attached hydrogens (tertiary/aromatic N) is 4. The van der Waals surface area contributed by atoms with Crippen LogP contribution in [0.25, 0.3) is 5.69 Å². The zero-order chi connectivity index (χ0) is 25.4. The Morgan fingerprint density at radius 1 is 0.944 bits per heavy atom. The molecule has 1 N–H and O–H groups in total. The van der Waals surface area contributed by atoms with Crippen molar-refractivity contribution >= 4 is 28.7 Å². The number of rotatable bonds is 6. The van der Waals surface area contributed by atoms with Crippen LogP contribution in [0.2, 0.25) is 0 Å². The normalized spacial score (nSPS) is 17.4. The quantitative estimate of drug-likeness (QED) is 0.318. The molecule has 184 valence electrons. The summed E-state index contributed by atoms with van der Waals surface area (Å²) in [6.07, 6.45) is 2.86. The minimum atomic E-state index is -0.0605. The van der Waals surface area contributed by atoms with Crippen molar-refractivity contribution in [3.8, 4) is 5.69 Å². The summed E-state index contributed by atoms with van der Waals surface area (Å²) < 4.78 is 2.34. The minimum absolute atomic E-state index is 0.0270. The van der Waals surface area contributed by atoms with Crippen LogP contribution in [0, 0.1) is 13.8 Å². The van der Waals surface area contributed by atoms with E-state index >= 15 is 0 Å². The van der Waals surface area contributed by atoms with Crippen LogP contribution < -0.4 is 15.1 Å². The van der Waals surface area contributed by atoms with E-state index in [0.29, 0.717) is 0 Å². The fourth-order valence-electron chi connectivity index (χ4n) is 5.23. The van der Waals surface area contributed by atoms with Gasteiger partial charge in [-0.05, 0) is 98.2 Å². The molecule has 0 bridgehead atoms. The third kappa shape index (κ3) is 4.26. The van der Waals surface area contributed by atoms with Gasteiger partial charge in [-0.2, -0.15) is 0 Å². The summed E-state index contributed by atoms with van der Waals surface area (Å²) in [5.41, 5.74) is 9.37. The number of thiocarbonyl (C=S) groups is 1. The van der Waals surface area contributed by atoms with Crippen LogP contribution in [0.3, 0.4) is 0 Å². The topological polar surface area (TPSA) is 36.3 Å². The highest BCUT2D eigenvalue weighted by molar-refractivity contribution is 7.80. The van der Waals surface area contributed by atoms with Crippen LogP contribution in [-0.2, 0) is 6.42 Å². The fourth-order valence-corrected chi connectivity index (χ4v) is 5.57. The van der Waals surface area contributed by atoms with Crippen molar-refractivity contribution in [3.63, 3.8) is 0 Å². The van der Waals surface area contributed by atoms with Crippen molar-refractivity contribution in [2.75, 3.05) is 23.9 Å². The van der Waals surface area contributed by atoms with Gasteiger partial charge in [-0.1, -0.05) is 25.1 Å². The van der Waals surface area contributed by atoms with Crippen LogP contribution in [0.5, 0.6) is 0 Å². The molecule has 6 heteroatoms. The van der Waals surface area contributed by atoms with E-state index in [9.17, 15) is 0 Å². The monoisotopic (exact) mass is 495 g/mol. The number of hydrogen-bond donors (Lipinski definition) is 1. The summed E-state index contributed by atoms with van der Waals surface area (Å²) in [6, 6.07) is 25.7. The highest BCUT2D eigenvalue weighted by Gasteiger charge is 2.42. The largest absolute Gasteiger partial charge is 0.378 e. The van der Waals surface area contributed by atoms with E-state index in [0.717, 1.165) is 28.6 Å². The number of aromatic nitrogens is 2. The zero-order valence-corrected chi connectivity index (χ0v) is 22.4.